The van der Waals surface area contributed by atoms with E-state index in [4.69, 9.17) is 17.3 Å². The molecule has 0 aliphatic heterocycles. The van der Waals surface area contributed by atoms with E-state index in [0.29, 0.717) is 22.2 Å². The Kier molecular flexibility index (Phi) is 5.58. The lowest BCUT2D eigenvalue weighted by atomic mass is 9.95. The first-order valence-electron chi connectivity index (χ1n) is 7.10. The maximum Gasteiger partial charge on any atom is 0.250 e. The number of rotatable bonds is 5. The minimum atomic E-state index is -0.762. The van der Waals surface area contributed by atoms with Crippen LogP contribution in [0, 0.1) is 0 Å². The number of amides is 1. The molecule has 5 nitrogen and oxygen atoms in total. The zero-order valence-electron chi connectivity index (χ0n) is 12.0. The van der Waals surface area contributed by atoms with Gasteiger partial charge >= 0.3 is 0 Å². The Morgan fingerprint density at radius 3 is 2.95 bits per heavy atom. The lowest BCUT2D eigenvalue weighted by Crippen LogP contribution is -2.33. The quantitative estimate of drug-likeness (QED) is 0.868. The van der Waals surface area contributed by atoms with Gasteiger partial charge in [-0.15, -0.1) is 0 Å². The highest BCUT2D eigenvalue weighted by Crippen LogP contribution is 2.28. The Hall–Kier alpha value is -1.14. The van der Waals surface area contributed by atoms with Crippen LogP contribution in [-0.4, -0.2) is 32.1 Å². The fourth-order valence-electron chi connectivity index (χ4n) is 2.62. The summed E-state index contributed by atoms with van der Waals surface area (Å²) < 4.78 is 11.9. The van der Waals surface area contributed by atoms with Crippen LogP contribution in [0.3, 0.4) is 0 Å². The normalized spacial score (nSPS) is 23.5. The first kappa shape index (κ1) is 16.2. The third kappa shape index (κ3) is 4.17. The monoisotopic (exact) mass is 329 g/mol. The van der Waals surface area contributed by atoms with Crippen molar-refractivity contribution in [3.63, 3.8) is 0 Å². The number of hydrogen-bond donors (Lipinski definition) is 2. The minimum Gasteiger partial charge on any atom is -0.366 e. The topological polar surface area (TPSA) is 85.1 Å². The van der Waals surface area contributed by atoms with Crippen LogP contribution in [0.25, 0.3) is 0 Å². The van der Waals surface area contributed by atoms with Crippen molar-refractivity contribution in [2.75, 3.05) is 11.1 Å². The zero-order valence-corrected chi connectivity index (χ0v) is 13.5. The molecule has 116 valence electrons. The van der Waals surface area contributed by atoms with Gasteiger partial charge in [0.05, 0.1) is 10.6 Å². The van der Waals surface area contributed by atoms with Gasteiger partial charge < -0.3 is 11.1 Å². The van der Waals surface area contributed by atoms with Crippen molar-refractivity contribution < 1.29 is 9.00 Å². The molecule has 3 N–H and O–H groups in total. The number of nitrogens with zero attached hydrogens (tertiary/aromatic N) is 1. The summed E-state index contributed by atoms with van der Waals surface area (Å²) in [7, 11) is -0.762. The third-order valence-corrected chi connectivity index (χ3v) is 5.78. The molecular formula is C14H20ClN3O2S. The maximum absolute atomic E-state index is 11.9. The molecule has 0 radical (unpaired) electrons. The second-order valence-electron chi connectivity index (χ2n) is 5.22. The second-order valence-corrected chi connectivity index (χ2v) is 7.63. The van der Waals surface area contributed by atoms with Crippen LogP contribution in [0.2, 0.25) is 5.02 Å². The van der Waals surface area contributed by atoms with Crippen LogP contribution < -0.4 is 11.1 Å². The van der Waals surface area contributed by atoms with Gasteiger partial charge in [0.25, 0.3) is 0 Å². The second kappa shape index (κ2) is 7.22. The molecule has 21 heavy (non-hydrogen) atoms. The van der Waals surface area contributed by atoms with E-state index in [-0.39, 0.29) is 11.3 Å². The summed E-state index contributed by atoms with van der Waals surface area (Å²) in [4.78, 5) is 15.2. The largest absolute Gasteiger partial charge is 0.366 e. The summed E-state index contributed by atoms with van der Waals surface area (Å²) in [5.41, 5.74) is 5.48. The Bertz CT molecular complexity index is 553. The van der Waals surface area contributed by atoms with E-state index in [2.05, 4.69) is 10.3 Å². The smallest absolute Gasteiger partial charge is 0.250 e. The molecule has 2 rings (SSSR count). The molecule has 3 atom stereocenters. The molecule has 7 heteroatoms. The number of halogens is 1. The molecule has 1 saturated carbocycles. The number of nitrogens with two attached hydrogens (primary N) is 1. The van der Waals surface area contributed by atoms with Crippen LogP contribution in [0.1, 0.15) is 43.0 Å². The summed E-state index contributed by atoms with van der Waals surface area (Å²) in [6, 6.07) is 1.73. The molecule has 3 unspecified atom stereocenters. The minimum absolute atomic E-state index is 0.212. The Morgan fingerprint density at radius 2 is 2.33 bits per heavy atom. The van der Waals surface area contributed by atoms with E-state index < -0.39 is 16.7 Å². The summed E-state index contributed by atoms with van der Waals surface area (Å²) in [6.45, 7) is 1.95. The van der Waals surface area contributed by atoms with Crippen molar-refractivity contribution in [3.05, 3.63) is 22.8 Å². The molecule has 1 aliphatic rings. The SMILES string of the molecule is CCS(=O)C1CCCC(Nc2ncc(C(N)=O)cc2Cl)C1. The zero-order chi connectivity index (χ0) is 15.4. The number of hydrogen-bond acceptors (Lipinski definition) is 4. The van der Waals surface area contributed by atoms with Gasteiger partial charge in [0, 0.05) is 34.0 Å². The molecule has 1 aromatic heterocycles. The standard InChI is InChI=1S/C14H20ClN3O2S/c1-2-21(20)11-5-3-4-10(7-11)18-14-12(15)6-9(8-17-14)13(16)19/h6,8,10-11H,2-5,7H2,1H3,(H2,16,19)(H,17,18). The lowest BCUT2D eigenvalue weighted by Gasteiger charge is -2.29. The van der Waals surface area contributed by atoms with Gasteiger partial charge in [-0.1, -0.05) is 24.9 Å². The number of nitrogens with one attached hydrogen (secondary N) is 1. The third-order valence-electron chi connectivity index (χ3n) is 3.75. The van der Waals surface area contributed by atoms with Crippen LogP contribution in [0.4, 0.5) is 5.82 Å². The van der Waals surface area contributed by atoms with Crippen molar-refractivity contribution in [1.82, 2.24) is 4.98 Å². The molecule has 0 saturated heterocycles. The highest BCUT2D eigenvalue weighted by atomic mass is 35.5. The number of pyridine rings is 1. The van der Waals surface area contributed by atoms with Crippen molar-refractivity contribution in [2.45, 2.75) is 43.9 Å². The molecular weight excluding hydrogens is 310 g/mol. The van der Waals surface area contributed by atoms with E-state index in [1.165, 1.54) is 12.3 Å². The first-order chi connectivity index (χ1) is 10.0. The van der Waals surface area contributed by atoms with Crippen LogP contribution in [0.15, 0.2) is 12.3 Å². The number of anilines is 1. The van der Waals surface area contributed by atoms with E-state index in [9.17, 15) is 9.00 Å². The van der Waals surface area contributed by atoms with Crippen molar-refractivity contribution >= 4 is 34.1 Å². The highest BCUT2D eigenvalue weighted by molar-refractivity contribution is 7.85. The average Bonchev–Trinajstić information content (AvgIpc) is 2.48. The van der Waals surface area contributed by atoms with Crippen LogP contribution in [0.5, 0.6) is 0 Å². The number of carbonyl (C=O) groups is 1. The Labute approximate surface area is 132 Å². The van der Waals surface area contributed by atoms with Gasteiger partial charge in [0.2, 0.25) is 5.91 Å². The van der Waals surface area contributed by atoms with Crippen molar-refractivity contribution in [2.24, 2.45) is 5.73 Å². The molecule has 1 heterocycles. The van der Waals surface area contributed by atoms with Gasteiger partial charge in [-0.3, -0.25) is 9.00 Å². The van der Waals surface area contributed by atoms with Crippen molar-refractivity contribution in [3.8, 4) is 0 Å². The van der Waals surface area contributed by atoms with E-state index in [0.717, 1.165) is 25.7 Å². The molecule has 0 aromatic carbocycles. The van der Waals surface area contributed by atoms with Crippen molar-refractivity contribution in [1.29, 1.82) is 0 Å². The van der Waals surface area contributed by atoms with Gasteiger partial charge in [-0.2, -0.15) is 0 Å². The maximum atomic E-state index is 11.9. The summed E-state index contributed by atoms with van der Waals surface area (Å²) in [6.07, 6.45) is 5.34. The number of aromatic nitrogens is 1. The first-order valence-corrected chi connectivity index (χ1v) is 8.86. The predicted molar refractivity (Wildman–Crippen MR) is 86.1 cm³/mol. The van der Waals surface area contributed by atoms with Crippen LogP contribution >= 0.6 is 11.6 Å². The van der Waals surface area contributed by atoms with E-state index in [1.54, 1.807) is 0 Å². The van der Waals surface area contributed by atoms with Gasteiger partial charge in [0.15, 0.2) is 0 Å². The summed E-state index contributed by atoms with van der Waals surface area (Å²) >= 11 is 6.13. The molecule has 1 aromatic rings. The molecule has 0 spiro atoms. The van der Waals surface area contributed by atoms with E-state index >= 15 is 0 Å². The molecule has 0 bridgehead atoms. The van der Waals surface area contributed by atoms with Crippen LogP contribution in [-0.2, 0) is 10.8 Å². The Balaban J connectivity index is 2.04. The molecule has 1 aliphatic carbocycles. The fourth-order valence-corrected chi connectivity index (χ4v) is 4.19. The summed E-state index contributed by atoms with van der Waals surface area (Å²) in [5.74, 6) is 0.700. The number of carbonyl (C=O) groups excluding carboxylic acids is 1. The lowest BCUT2D eigenvalue weighted by molar-refractivity contribution is 0.1000. The predicted octanol–water partition coefficient (Wildman–Crippen LogP) is 2.33. The van der Waals surface area contributed by atoms with Gasteiger partial charge in [-0.05, 0) is 25.3 Å². The van der Waals surface area contributed by atoms with Gasteiger partial charge in [0.1, 0.15) is 5.82 Å². The highest BCUT2D eigenvalue weighted by Gasteiger charge is 2.26. The van der Waals surface area contributed by atoms with Gasteiger partial charge in [-0.25, -0.2) is 4.98 Å². The van der Waals surface area contributed by atoms with E-state index in [1.807, 2.05) is 6.92 Å². The molecule has 1 fully saturated rings. The fraction of sp³-hybridized carbons (Fsp3) is 0.571. The number of primary amides is 1. The average molecular weight is 330 g/mol. The molecule has 1 amide bonds. The Morgan fingerprint density at radius 1 is 1.57 bits per heavy atom. The summed E-state index contributed by atoms with van der Waals surface area (Å²) in [5, 5.41) is 3.91.